The van der Waals surface area contributed by atoms with Gasteiger partial charge in [-0.1, -0.05) is 37.6 Å². The van der Waals surface area contributed by atoms with E-state index in [4.69, 9.17) is 32.2 Å². The normalized spacial score (nSPS) is 12.7. The zero-order chi connectivity index (χ0) is 34.9. The van der Waals surface area contributed by atoms with Gasteiger partial charge in [0.15, 0.2) is 27.7 Å². The topological polar surface area (TPSA) is 152 Å². The second-order valence-corrected chi connectivity index (χ2v) is 13.4. The van der Waals surface area contributed by atoms with Crippen molar-refractivity contribution >= 4 is 63.3 Å². The highest BCUT2D eigenvalue weighted by molar-refractivity contribution is 8.13. The van der Waals surface area contributed by atoms with E-state index in [9.17, 15) is 19.2 Å². The average molecular weight is 686 g/mol. The number of anilines is 1. The molecule has 14 heteroatoms. The summed E-state index contributed by atoms with van der Waals surface area (Å²) in [6, 6.07) is 3.74. The number of thioether (sulfide) groups is 1. The van der Waals surface area contributed by atoms with Gasteiger partial charge in [0.05, 0.1) is 12.7 Å². The highest BCUT2D eigenvalue weighted by atomic mass is 35.5. The summed E-state index contributed by atoms with van der Waals surface area (Å²) in [5.41, 5.74) is 1.24. The number of benzene rings is 1. The van der Waals surface area contributed by atoms with Crippen LogP contribution in [0.4, 0.5) is 5.82 Å². The van der Waals surface area contributed by atoms with E-state index in [1.807, 2.05) is 33.8 Å². The Kier molecular flexibility index (Phi) is 12.9. The van der Waals surface area contributed by atoms with Gasteiger partial charge >= 0.3 is 11.9 Å². The van der Waals surface area contributed by atoms with E-state index in [2.05, 4.69) is 26.2 Å². The summed E-state index contributed by atoms with van der Waals surface area (Å²) in [6.07, 6.45) is 8.32. The lowest BCUT2D eigenvalue weighted by molar-refractivity contribution is -0.151. The zero-order valence-corrected chi connectivity index (χ0v) is 29.3. The zero-order valence-electron chi connectivity index (χ0n) is 27.7. The SMILES string of the molecule is C#CC(CCn1cnc2c(NC(=O)CCCSC(C)=O)nc(Cl)nc21)(COC(=O)CC(C)(C)c1c(C)cc(C)cc1OC(C)=O)OC. The number of hydrogen-bond donors (Lipinski definition) is 1. The highest BCUT2D eigenvalue weighted by Crippen LogP contribution is 2.38. The fraction of sp³-hybridized carbons (Fsp3) is 0.485. The Labute approximate surface area is 283 Å². The lowest BCUT2D eigenvalue weighted by Gasteiger charge is -2.30. The van der Waals surface area contributed by atoms with Crippen LogP contribution in [-0.4, -0.2) is 67.6 Å². The Morgan fingerprint density at radius 1 is 1.15 bits per heavy atom. The van der Waals surface area contributed by atoms with Gasteiger partial charge in [-0.15, -0.1) is 6.42 Å². The molecule has 3 aromatic rings. The quantitative estimate of drug-likeness (QED) is 0.0726. The fourth-order valence-corrected chi connectivity index (χ4v) is 5.99. The summed E-state index contributed by atoms with van der Waals surface area (Å²) in [5.74, 6) is 2.47. The van der Waals surface area contributed by atoms with Crippen molar-refractivity contribution in [2.75, 3.05) is 24.8 Å². The monoisotopic (exact) mass is 685 g/mol. The molecule has 0 aliphatic heterocycles. The van der Waals surface area contributed by atoms with Crippen molar-refractivity contribution in [2.24, 2.45) is 0 Å². The van der Waals surface area contributed by atoms with Crippen molar-refractivity contribution in [1.82, 2.24) is 19.5 Å². The summed E-state index contributed by atoms with van der Waals surface area (Å²) in [5, 5.41) is 2.63. The van der Waals surface area contributed by atoms with E-state index < -0.39 is 23.0 Å². The minimum atomic E-state index is -1.27. The number of esters is 2. The van der Waals surface area contributed by atoms with Crippen molar-refractivity contribution in [1.29, 1.82) is 0 Å². The lowest BCUT2D eigenvalue weighted by Crippen LogP contribution is -2.38. The first-order chi connectivity index (χ1) is 22.1. The number of hydrogen-bond acceptors (Lipinski definition) is 11. The molecule has 0 spiro atoms. The number of aryl methyl sites for hydroxylation is 3. The van der Waals surface area contributed by atoms with Gasteiger partial charge in [-0.25, -0.2) is 4.98 Å². The molecular weight excluding hydrogens is 646 g/mol. The predicted molar refractivity (Wildman–Crippen MR) is 180 cm³/mol. The standard InChI is InChI=1S/C33H40ClN5O7S/c1-9-33(44-8,18-45-26(43)17-32(6,7)27-21(3)15-20(2)16-24(27)46-22(4)40)12-13-39-19-35-28-29(37-31(34)38-30(28)39)36-25(42)11-10-14-47-23(5)41/h1,15-16,19H,10-14,17-18H2,2-8H3,(H,36,37,38,42). The first-order valence-corrected chi connectivity index (χ1v) is 16.3. The molecule has 0 fully saturated rings. The molecule has 1 aromatic carbocycles. The number of amides is 1. The van der Waals surface area contributed by atoms with Crippen molar-refractivity contribution in [2.45, 2.75) is 84.8 Å². The molecule has 1 amide bonds. The number of halogens is 1. The number of rotatable bonds is 15. The van der Waals surface area contributed by atoms with E-state index >= 15 is 0 Å². The average Bonchev–Trinajstić information content (AvgIpc) is 3.37. The van der Waals surface area contributed by atoms with Gasteiger partial charge in [0.25, 0.3) is 0 Å². The van der Waals surface area contributed by atoms with Gasteiger partial charge in [0, 0.05) is 57.1 Å². The van der Waals surface area contributed by atoms with Gasteiger partial charge in [-0.2, -0.15) is 9.97 Å². The third-order valence-corrected chi connectivity index (χ3v) is 8.45. The number of fused-ring (bicyclic) bond motifs is 1. The molecule has 0 aliphatic carbocycles. The minimum absolute atomic E-state index is 0.00559. The van der Waals surface area contributed by atoms with Crippen LogP contribution in [0.1, 0.15) is 70.1 Å². The van der Waals surface area contributed by atoms with Crippen LogP contribution in [0.25, 0.3) is 11.2 Å². The molecule has 1 atom stereocenters. The van der Waals surface area contributed by atoms with E-state index in [0.29, 0.717) is 29.1 Å². The highest BCUT2D eigenvalue weighted by Gasteiger charge is 2.34. The van der Waals surface area contributed by atoms with Crippen molar-refractivity contribution in [3.63, 3.8) is 0 Å². The number of methoxy groups -OCH3 is 1. The molecule has 0 saturated carbocycles. The Morgan fingerprint density at radius 3 is 2.51 bits per heavy atom. The maximum atomic E-state index is 13.2. The first-order valence-electron chi connectivity index (χ1n) is 14.9. The van der Waals surface area contributed by atoms with Crippen LogP contribution in [0.5, 0.6) is 5.75 Å². The minimum Gasteiger partial charge on any atom is -0.461 e. The Hall–Kier alpha value is -3.99. The number of ether oxygens (including phenoxy) is 3. The van der Waals surface area contributed by atoms with Crippen LogP contribution in [-0.2, 0) is 40.6 Å². The summed E-state index contributed by atoms with van der Waals surface area (Å²) in [6.45, 7) is 10.4. The molecule has 0 radical (unpaired) electrons. The molecule has 12 nitrogen and oxygen atoms in total. The number of aromatic nitrogens is 4. The van der Waals surface area contributed by atoms with Crippen molar-refractivity contribution < 1.29 is 33.4 Å². The number of carbonyl (C=O) groups is 4. The number of carbonyl (C=O) groups excluding carboxylic acids is 4. The Morgan fingerprint density at radius 2 is 1.87 bits per heavy atom. The third-order valence-electron chi connectivity index (χ3n) is 7.38. The van der Waals surface area contributed by atoms with Gasteiger partial charge in [-0.3, -0.25) is 19.2 Å². The van der Waals surface area contributed by atoms with Crippen LogP contribution >= 0.6 is 23.4 Å². The molecule has 2 aromatic heterocycles. The second kappa shape index (κ2) is 16.2. The summed E-state index contributed by atoms with van der Waals surface area (Å²) < 4.78 is 18.5. The largest absolute Gasteiger partial charge is 0.461 e. The maximum absolute atomic E-state index is 13.2. The van der Waals surface area contributed by atoms with Gasteiger partial charge in [-0.05, 0) is 49.1 Å². The van der Waals surface area contributed by atoms with Crippen molar-refractivity contribution in [3.05, 3.63) is 40.4 Å². The van der Waals surface area contributed by atoms with E-state index in [-0.39, 0.29) is 54.5 Å². The lowest BCUT2D eigenvalue weighted by atomic mass is 9.78. The predicted octanol–water partition coefficient (Wildman–Crippen LogP) is 5.34. The fourth-order valence-electron chi connectivity index (χ4n) is 5.25. The second-order valence-electron chi connectivity index (χ2n) is 11.8. The van der Waals surface area contributed by atoms with Gasteiger partial charge < -0.3 is 24.1 Å². The first kappa shape index (κ1) is 37.5. The van der Waals surface area contributed by atoms with Crippen LogP contribution in [0.15, 0.2) is 18.5 Å². The molecule has 252 valence electrons. The summed E-state index contributed by atoms with van der Waals surface area (Å²) >= 11 is 7.34. The number of nitrogens with zero attached hydrogens (tertiary/aromatic N) is 4. The Bertz CT molecular complexity index is 1700. The van der Waals surface area contributed by atoms with Gasteiger partial charge in [0.1, 0.15) is 12.4 Å². The van der Waals surface area contributed by atoms with E-state index in [1.54, 1.807) is 10.6 Å². The summed E-state index contributed by atoms with van der Waals surface area (Å²) in [7, 11) is 1.44. The van der Waals surface area contributed by atoms with E-state index in [0.717, 1.165) is 28.5 Å². The van der Waals surface area contributed by atoms with Crippen LogP contribution < -0.4 is 10.1 Å². The molecule has 1 N–H and O–H groups in total. The molecule has 1 unspecified atom stereocenters. The molecule has 0 bridgehead atoms. The number of nitrogens with one attached hydrogen (secondary N) is 1. The molecule has 0 saturated heterocycles. The molecule has 47 heavy (non-hydrogen) atoms. The van der Waals surface area contributed by atoms with Crippen molar-refractivity contribution in [3.8, 4) is 18.1 Å². The number of imidazole rings is 1. The smallest absolute Gasteiger partial charge is 0.308 e. The van der Waals surface area contributed by atoms with E-state index in [1.165, 1.54) is 27.3 Å². The van der Waals surface area contributed by atoms with Crippen LogP contribution in [0, 0.1) is 26.2 Å². The van der Waals surface area contributed by atoms with Crippen LogP contribution in [0.3, 0.4) is 0 Å². The van der Waals surface area contributed by atoms with Crippen LogP contribution in [0.2, 0.25) is 5.28 Å². The number of terminal acetylenes is 1. The molecular formula is C33H40ClN5O7S. The molecule has 3 rings (SSSR count). The molecule has 0 aliphatic rings. The molecule has 2 heterocycles. The summed E-state index contributed by atoms with van der Waals surface area (Å²) in [4.78, 5) is 61.3. The third kappa shape index (κ3) is 10.2. The van der Waals surface area contributed by atoms with Gasteiger partial charge in [0.2, 0.25) is 11.2 Å². The Balaban J connectivity index is 1.70. The maximum Gasteiger partial charge on any atom is 0.308 e.